The number of amides is 1. The highest BCUT2D eigenvalue weighted by Crippen LogP contribution is 2.13. The van der Waals surface area contributed by atoms with Crippen molar-refractivity contribution in [3.8, 4) is 5.75 Å². The number of pyridine rings is 1. The molecule has 0 saturated carbocycles. The first-order valence-corrected chi connectivity index (χ1v) is 7.53. The molecule has 23 heavy (non-hydrogen) atoms. The highest BCUT2D eigenvalue weighted by molar-refractivity contribution is 5.91. The molecule has 1 aromatic heterocycles. The number of aryl methyl sites for hydroxylation is 1. The van der Waals surface area contributed by atoms with E-state index in [-0.39, 0.29) is 19.1 Å². The molecule has 0 saturated heterocycles. The number of benzene rings is 1. The number of aliphatic hydroxyl groups is 1. The highest BCUT2D eigenvalue weighted by Gasteiger charge is 2.04. The fraction of sp³-hybridized carbons (Fsp3) is 0.294. The molecule has 0 aliphatic heterocycles. The van der Waals surface area contributed by atoms with Gasteiger partial charge in [-0.1, -0.05) is 19.1 Å². The van der Waals surface area contributed by atoms with Crippen LogP contribution in [0.4, 0.5) is 11.5 Å². The van der Waals surface area contributed by atoms with E-state index < -0.39 is 0 Å². The zero-order valence-electron chi connectivity index (χ0n) is 13.1. The number of nitrogens with zero attached hydrogens (tertiary/aromatic N) is 1. The van der Waals surface area contributed by atoms with E-state index in [1.807, 2.05) is 24.3 Å². The van der Waals surface area contributed by atoms with Crippen molar-refractivity contribution < 1.29 is 14.6 Å². The van der Waals surface area contributed by atoms with Crippen molar-refractivity contribution in [2.75, 3.05) is 30.4 Å². The number of ether oxygens (including phenoxy) is 1. The highest BCUT2D eigenvalue weighted by atomic mass is 16.5. The SMILES string of the molecule is CCc1ccc(OCC(=O)Nc2ccc(NCCO)nc2)cc1. The number of aliphatic hydroxyl groups excluding tert-OH is 1. The summed E-state index contributed by atoms with van der Waals surface area (Å²) in [4.78, 5) is 16.0. The number of aromatic nitrogens is 1. The number of nitrogens with one attached hydrogen (secondary N) is 2. The lowest BCUT2D eigenvalue weighted by molar-refractivity contribution is -0.118. The third-order valence-electron chi connectivity index (χ3n) is 3.17. The van der Waals surface area contributed by atoms with Crippen LogP contribution in [0.5, 0.6) is 5.75 Å². The van der Waals surface area contributed by atoms with Gasteiger partial charge in [0.2, 0.25) is 0 Å². The van der Waals surface area contributed by atoms with E-state index in [0.717, 1.165) is 6.42 Å². The van der Waals surface area contributed by atoms with Crippen LogP contribution in [0, 0.1) is 0 Å². The Kier molecular flexibility index (Phi) is 6.38. The molecule has 0 atom stereocenters. The van der Waals surface area contributed by atoms with Gasteiger partial charge in [0.15, 0.2) is 6.61 Å². The minimum absolute atomic E-state index is 0.0384. The molecular formula is C17H21N3O3. The van der Waals surface area contributed by atoms with Gasteiger partial charge in [-0.25, -0.2) is 4.98 Å². The normalized spacial score (nSPS) is 10.2. The van der Waals surface area contributed by atoms with E-state index in [1.54, 1.807) is 18.3 Å². The second-order valence-electron chi connectivity index (χ2n) is 4.92. The molecule has 0 radical (unpaired) electrons. The summed E-state index contributed by atoms with van der Waals surface area (Å²) in [6, 6.07) is 11.1. The summed E-state index contributed by atoms with van der Waals surface area (Å²) in [6.45, 7) is 2.50. The lowest BCUT2D eigenvalue weighted by Crippen LogP contribution is -2.20. The quantitative estimate of drug-likeness (QED) is 0.694. The Morgan fingerprint density at radius 3 is 2.61 bits per heavy atom. The van der Waals surface area contributed by atoms with Crippen LogP contribution in [-0.4, -0.2) is 35.8 Å². The molecule has 0 spiro atoms. The summed E-state index contributed by atoms with van der Waals surface area (Å²) >= 11 is 0. The minimum atomic E-state index is -0.248. The molecule has 0 bridgehead atoms. The molecule has 2 rings (SSSR count). The van der Waals surface area contributed by atoms with Gasteiger partial charge in [-0.05, 0) is 36.2 Å². The fourth-order valence-electron chi connectivity index (χ4n) is 1.92. The van der Waals surface area contributed by atoms with Crippen molar-refractivity contribution >= 4 is 17.4 Å². The maximum atomic E-state index is 11.9. The Hall–Kier alpha value is -2.60. The summed E-state index contributed by atoms with van der Waals surface area (Å²) < 4.78 is 5.44. The molecule has 1 heterocycles. The largest absolute Gasteiger partial charge is 0.484 e. The molecule has 1 amide bonds. The lowest BCUT2D eigenvalue weighted by atomic mass is 10.2. The first-order chi connectivity index (χ1) is 11.2. The third-order valence-corrected chi connectivity index (χ3v) is 3.17. The predicted molar refractivity (Wildman–Crippen MR) is 89.8 cm³/mol. The van der Waals surface area contributed by atoms with E-state index in [0.29, 0.717) is 23.8 Å². The third kappa shape index (κ3) is 5.60. The number of hydrogen-bond donors (Lipinski definition) is 3. The van der Waals surface area contributed by atoms with E-state index in [9.17, 15) is 4.79 Å². The van der Waals surface area contributed by atoms with Crippen molar-refractivity contribution in [3.05, 3.63) is 48.2 Å². The van der Waals surface area contributed by atoms with Gasteiger partial charge < -0.3 is 20.5 Å². The Morgan fingerprint density at radius 2 is 2.00 bits per heavy atom. The van der Waals surface area contributed by atoms with Crippen molar-refractivity contribution in [3.63, 3.8) is 0 Å². The summed E-state index contributed by atoms with van der Waals surface area (Å²) in [6.07, 6.45) is 2.52. The van der Waals surface area contributed by atoms with Gasteiger partial charge in [-0.3, -0.25) is 4.79 Å². The topological polar surface area (TPSA) is 83.5 Å². The maximum absolute atomic E-state index is 11.9. The van der Waals surface area contributed by atoms with Crippen LogP contribution in [0.3, 0.4) is 0 Å². The number of carbonyl (C=O) groups excluding carboxylic acids is 1. The van der Waals surface area contributed by atoms with E-state index in [4.69, 9.17) is 9.84 Å². The smallest absolute Gasteiger partial charge is 0.262 e. The minimum Gasteiger partial charge on any atom is -0.484 e. The van der Waals surface area contributed by atoms with Gasteiger partial charge in [0.25, 0.3) is 5.91 Å². The Labute approximate surface area is 135 Å². The van der Waals surface area contributed by atoms with Crippen LogP contribution in [0.25, 0.3) is 0 Å². The summed E-state index contributed by atoms with van der Waals surface area (Å²) in [5, 5.41) is 14.4. The van der Waals surface area contributed by atoms with E-state index in [2.05, 4.69) is 22.5 Å². The number of hydrogen-bond acceptors (Lipinski definition) is 5. The monoisotopic (exact) mass is 315 g/mol. The van der Waals surface area contributed by atoms with Gasteiger partial charge in [0.05, 0.1) is 18.5 Å². The molecule has 3 N–H and O–H groups in total. The summed E-state index contributed by atoms with van der Waals surface area (Å²) in [7, 11) is 0. The van der Waals surface area contributed by atoms with E-state index in [1.165, 1.54) is 5.56 Å². The average Bonchev–Trinajstić information content (AvgIpc) is 2.60. The van der Waals surface area contributed by atoms with Gasteiger partial charge in [0, 0.05) is 6.54 Å². The molecular weight excluding hydrogens is 294 g/mol. The van der Waals surface area contributed by atoms with Gasteiger partial charge in [-0.15, -0.1) is 0 Å². The van der Waals surface area contributed by atoms with Gasteiger partial charge in [0.1, 0.15) is 11.6 Å². The number of carbonyl (C=O) groups is 1. The fourth-order valence-corrected chi connectivity index (χ4v) is 1.92. The molecule has 0 unspecified atom stereocenters. The summed E-state index contributed by atoms with van der Waals surface area (Å²) in [5.41, 5.74) is 1.82. The van der Waals surface area contributed by atoms with Crippen molar-refractivity contribution in [1.82, 2.24) is 4.98 Å². The molecule has 0 aliphatic rings. The Bertz CT molecular complexity index is 612. The zero-order chi connectivity index (χ0) is 16.5. The van der Waals surface area contributed by atoms with Gasteiger partial charge >= 0.3 is 0 Å². The van der Waals surface area contributed by atoms with Crippen LogP contribution < -0.4 is 15.4 Å². The molecule has 0 fully saturated rings. The molecule has 6 heteroatoms. The van der Waals surface area contributed by atoms with Crippen LogP contribution in [0.2, 0.25) is 0 Å². The Morgan fingerprint density at radius 1 is 1.22 bits per heavy atom. The first kappa shape index (κ1) is 16.8. The molecule has 1 aromatic carbocycles. The van der Waals surface area contributed by atoms with Crippen molar-refractivity contribution in [2.45, 2.75) is 13.3 Å². The van der Waals surface area contributed by atoms with E-state index >= 15 is 0 Å². The molecule has 6 nitrogen and oxygen atoms in total. The molecule has 0 aliphatic carbocycles. The lowest BCUT2D eigenvalue weighted by Gasteiger charge is -2.09. The Balaban J connectivity index is 1.79. The van der Waals surface area contributed by atoms with Crippen molar-refractivity contribution in [2.24, 2.45) is 0 Å². The number of anilines is 2. The van der Waals surface area contributed by atoms with Crippen LogP contribution in [-0.2, 0) is 11.2 Å². The first-order valence-electron chi connectivity index (χ1n) is 7.53. The van der Waals surface area contributed by atoms with Crippen LogP contribution in [0.15, 0.2) is 42.6 Å². The maximum Gasteiger partial charge on any atom is 0.262 e. The number of rotatable bonds is 8. The summed E-state index contributed by atoms with van der Waals surface area (Å²) in [5.74, 6) is 1.06. The zero-order valence-corrected chi connectivity index (χ0v) is 13.1. The predicted octanol–water partition coefficient (Wildman–Crippen LogP) is 2.07. The molecule has 2 aromatic rings. The van der Waals surface area contributed by atoms with Crippen molar-refractivity contribution in [1.29, 1.82) is 0 Å². The van der Waals surface area contributed by atoms with Crippen LogP contribution in [0.1, 0.15) is 12.5 Å². The van der Waals surface area contributed by atoms with Gasteiger partial charge in [-0.2, -0.15) is 0 Å². The standard InChI is InChI=1S/C17H21N3O3/c1-2-13-3-6-15(7-4-13)23-12-17(22)20-14-5-8-16(19-11-14)18-9-10-21/h3-8,11,21H,2,9-10,12H2,1H3,(H,18,19)(H,20,22). The van der Waals surface area contributed by atoms with Crippen LogP contribution >= 0.6 is 0 Å². The molecule has 122 valence electrons. The second kappa shape index (κ2) is 8.75. The second-order valence-corrected chi connectivity index (χ2v) is 4.92. The average molecular weight is 315 g/mol.